The van der Waals surface area contributed by atoms with Crippen LogP contribution in [0.2, 0.25) is 0 Å². The Labute approximate surface area is 325 Å². The molecule has 0 spiro atoms. The highest BCUT2D eigenvalue weighted by molar-refractivity contribution is 6.01. The van der Waals surface area contributed by atoms with Gasteiger partial charge in [-0.3, -0.25) is 14.4 Å². The van der Waals surface area contributed by atoms with E-state index in [0.717, 1.165) is 41.6 Å². The highest BCUT2D eigenvalue weighted by Gasteiger charge is 2.29. The van der Waals surface area contributed by atoms with E-state index >= 15 is 0 Å². The first-order valence-electron chi connectivity index (χ1n) is 19.2. The fourth-order valence-corrected chi connectivity index (χ4v) is 6.38. The first kappa shape index (κ1) is 43.1. The van der Waals surface area contributed by atoms with Gasteiger partial charge in [0.15, 0.2) is 0 Å². The zero-order valence-electron chi connectivity index (χ0n) is 33.5. The summed E-state index contributed by atoms with van der Waals surface area (Å²) < 4.78 is 18.7. The molecule has 0 saturated carbocycles. The number of amides is 3. The number of Topliss-reactive ketones (excluding diaryl/α,β-unsaturated/α-hetero) is 1. The summed E-state index contributed by atoms with van der Waals surface area (Å²) in [6, 6.07) is 15.2. The Kier molecular flexibility index (Phi) is 15.9. The lowest BCUT2D eigenvalue weighted by molar-refractivity contribution is -0.125. The third-order valence-corrected chi connectivity index (χ3v) is 10.0. The third kappa shape index (κ3) is 12.7. The Morgan fingerprint density at radius 3 is 2.33 bits per heavy atom. The maximum absolute atomic E-state index is 13.9. The number of aromatic nitrogens is 3. The van der Waals surface area contributed by atoms with Gasteiger partial charge in [0.2, 0.25) is 11.8 Å². The zero-order chi connectivity index (χ0) is 40.0. The number of methoxy groups -OCH3 is 1. The SMILES string of the molecule is CNC(CCCCNC(=O)OCCn1nnc2c1-c1ccccc1CN(C(=O)CCC(=O)NCCC(C)(C)OCCC(C)(C)OC)c1ccccc1-2)C(C)=O. The topological polar surface area (TPSA) is 166 Å². The molecule has 55 heavy (non-hydrogen) atoms. The number of ether oxygens (including phenoxy) is 3. The van der Waals surface area contributed by atoms with Crippen LogP contribution in [0.3, 0.4) is 0 Å². The minimum absolute atomic E-state index is 0.0299. The van der Waals surface area contributed by atoms with E-state index in [1.54, 1.807) is 30.7 Å². The Morgan fingerprint density at radius 1 is 0.873 bits per heavy atom. The van der Waals surface area contributed by atoms with E-state index in [4.69, 9.17) is 14.2 Å². The van der Waals surface area contributed by atoms with Gasteiger partial charge in [0.25, 0.3) is 0 Å². The first-order chi connectivity index (χ1) is 26.2. The monoisotopic (exact) mass is 761 g/mol. The minimum Gasteiger partial charge on any atom is -0.448 e. The number of rotatable bonds is 21. The van der Waals surface area contributed by atoms with Crippen LogP contribution in [0.1, 0.15) is 85.1 Å². The van der Waals surface area contributed by atoms with Gasteiger partial charge < -0.3 is 35.1 Å². The second kappa shape index (κ2) is 20.3. The van der Waals surface area contributed by atoms with Crippen LogP contribution in [0, 0.1) is 0 Å². The third-order valence-electron chi connectivity index (χ3n) is 10.0. The van der Waals surface area contributed by atoms with Gasteiger partial charge >= 0.3 is 6.09 Å². The van der Waals surface area contributed by atoms with E-state index in [1.807, 2.05) is 76.2 Å². The molecule has 1 unspecified atom stereocenters. The molecule has 3 amide bonds. The maximum Gasteiger partial charge on any atom is 0.407 e. The molecule has 3 N–H and O–H groups in total. The van der Waals surface area contributed by atoms with Crippen molar-refractivity contribution in [3.8, 4) is 22.5 Å². The van der Waals surface area contributed by atoms with Crippen LogP contribution in [-0.2, 0) is 41.7 Å². The fourth-order valence-electron chi connectivity index (χ4n) is 6.38. The van der Waals surface area contributed by atoms with E-state index in [1.165, 1.54) is 0 Å². The lowest BCUT2D eigenvalue weighted by Gasteiger charge is -2.29. The Bertz CT molecular complexity index is 1760. The van der Waals surface area contributed by atoms with E-state index in [0.29, 0.717) is 43.9 Å². The van der Waals surface area contributed by atoms with Crippen LogP contribution in [0.5, 0.6) is 0 Å². The molecule has 300 valence electrons. The van der Waals surface area contributed by atoms with Gasteiger partial charge in [-0.05, 0) is 85.4 Å². The van der Waals surface area contributed by atoms with Crippen molar-refractivity contribution >= 4 is 29.4 Å². The maximum atomic E-state index is 13.9. The Balaban J connectivity index is 1.36. The number of nitrogens with zero attached hydrogens (tertiary/aromatic N) is 4. The number of para-hydroxylation sites is 1. The predicted molar refractivity (Wildman–Crippen MR) is 211 cm³/mol. The smallest absolute Gasteiger partial charge is 0.407 e. The molecular formula is C41H59N7O7. The van der Waals surface area contributed by atoms with Gasteiger partial charge in [-0.25, -0.2) is 9.48 Å². The second-order valence-corrected chi connectivity index (χ2v) is 15.1. The standard InChI is InChI=1S/C41H59N7O7/c1-29(49)33(42-6)17-12-13-23-44-39(52)54-27-25-48-38-31-15-9-8-14-30(31)28-47(34-18-11-10-16-32(34)37(38)45-46-48)36(51)20-19-35(50)43-24-21-41(4,5)55-26-22-40(2,3)53-7/h8-11,14-16,18,33,42H,12-13,17,19-28H2,1-7H3,(H,43,50)(H,44,52). The number of carbonyl (C=O) groups is 4. The quantitative estimate of drug-likeness (QED) is 0.119. The van der Waals surface area contributed by atoms with Crippen molar-refractivity contribution in [1.82, 2.24) is 30.9 Å². The molecule has 3 aromatic rings. The Hall–Kier alpha value is -4.66. The molecule has 2 aromatic carbocycles. The van der Waals surface area contributed by atoms with Gasteiger partial charge in [0, 0.05) is 44.2 Å². The summed E-state index contributed by atoms with van der Waals surface area (Å²) in [5.41, 5.74) is 3.83. The van der Waals surface area contributed by atoms with Crippen molar-refractivity contribution in [3.63, 3.8) is 0 Å². The molecule has 4 rings (SSSR count). The molecule has 1 aliphatic rings. The van der Waals surface area contributed by atoms with E-state index in [9.17, 15) is 19.2 Å². The number of likely N-dealkylation sites (N-methyl/N-ethyl adjacent to an activating group) is 1. The van der Waals surface area contributed by atoms with E-state index in [2.05, 4.69) is 26.3 Å². The van der Waals surface area contributed by atoms with Crippen molar-refractivity contribution in [2.45, 2.75) is 110 Å². The zero-order valence-corrected chi connectivity index (χ0v) is 33.5. The second-order valence-electron chi connectivity index (χ2n) is 15.1. The molecule has 14 nitrogen and oxygen atoms in total. The van der Waals surface area contributed by atoms with E-state index in [-0.39, 0.29) is 61.8 Å². The van der Waals surface area contributed by atoms with Crippen molar-refractivity contribution in [2.24, 2.45) is 0 Å². The summed E-state index contributed by atoms with van der Waals surface area (Å²) in [4.78, 5) is 52.5. The number of carbonyl (C=O) groups excluding carboxylic acids is 4. The number of fused-ring (bicyclic) bond motifs is 5. The number of hydrogen-bond acceptors (Lipinski definition) is 10. The van der Waals surface area contributed by atoms with Crippen molar-refractivity contribution in [1.29, 1.82) is 0 Å². The summed E-state index contributed by atoms with van der Waals surface area (Å²) in [5.74, 6) is -0.279. The van der Waals surface area contributed by atoms with Gasteiger partial charge in [0.1, 0.15) is 18.1 Å². The van der Waals surface area contributed by atoms with Crippen LogP contribution in [0.4, 0.5) is 10.5 Å². The number of unbranched alkanes of at least 4 members (excludes halogenated alkanes) is 1. The van der Waals surface area contributed by atoms with Gasteiger partial charge in [-0.2, -0.15) is 0 Å². The number of alkyl carbamates (subject to hydrolysis) is 1. The number of ketones is 1. The molecule has 0 aliphatic carbocycles. The summed E-state index contributed by atoms with van der Waals surface area (Å²) in [6.07, 6.45) is 3.16. The Morgan fingerprint density at radius 2 is 1.60 bits per heavy atom. The largest absolute Gasteiger partial charge is 0.448 e. The highest BCUT2D eigenvalue weighted by Crippen LogP contribution is 2.41. The molecule has 1 aliphatic heterocycles. The molecule has 0 saturated heterocycles. The molecule has 2 heterocycles. The highest BCUT2D eigenvalue weighted by atomic mass is 16.5. The predicted octanol–water partition coefficient (Wildman–Crippen LogP) is 5.43. The van der Waals surface area contributed by atoms with Gasteiger partial charge in [-0.15, -0.1) is 5.10 Å². The molecule has 0 bridgehead atoms. The van der Waals surface area contributed by atoms with Gasteiger partial charge in [-0.1, -0.05) is 47.7 Å². The van der Waals surface area contributed by atoms with Crippen molar-refractivity contribution < 1.29 is 33.4 Å². The van der Waals surface area contributed by atoms with Crippen molar-refractivity contribution in [2.75, 3.05) is 45.4 Å². The average Bonchev–Trinajstić information content (AvgIpc) is 3.56. The van der Waals surface area contributed by atoms with Crippen LogP contribution in [0.15, 0.2) is 48.5 Å². The summed E-state index contributed by atoms with van der Waals surface area (Å²) in [5, 5.41) is 17.8. The minimum atomic E-state index is -0.524. The lowest BCUT2D eigenvalue weighted by atomic mass is 9.95. The number of hydrogen-bond donors (Lipinski definition) is 3. The van der Waals surface area contributed by atoms with Crippen LogP contribution in [0.25, 0.3) is 22.5 Å². The molecule has 0 radical (unpaired) electrons. The summed E-state index contributed by atoms with van der Waals surface area (Å²) >= 11 is 0. The first-order valence-corrected chi connectivity index (χ1v) is 19.2. The average molecular weight is 762 g/mol. The molecule has 1 aromatic heterocycles. The molecule has 0 fully saturated rings. The molecule has 14 heteroatoms. The number of anilines is 1. The number of benzene rings is 2. The normalized spacial score (nSPS) is 13.1. The summed E-state index contributed by atoms with van der Waals surface area (Å²) in [7, 11) is 3.46. The van der Waals surface area contributed by atoms with Crippen LogP contribution in [-0.4, -0.2) is 96.4 Å². The lowest BCUT2D eigenvalue weighted by Crippen LogP contribution is -2.35. The molecular weight excluding hydrogens is 702 g/mol. The van der Waals surface area contributed by atoms with Crippen LogP contribution >= 0.6 is 0 Å². The molecule has 1 atom stereocenters. The van der Waals surface area contributed by atoms with Crippen molar-refractivity contribution in [3.05, 3.63) is 54.1 Å². The fraction of sp³-hybridized carbons (Fsp3) is 0.561. The number of nitrogens with one attached hydrogen (secondary N) is 3. The van der Waals surface area contributed by atoms with Gasteiger partial charge in [0.05, 0.1) is 48.3 Å². The van der Waals surface area contributed by atoms with E-state index < -0.39 is 11.7 Å². The van der Waals surface area contributed by atoms with Crippen LogP contribution < -0.4 is 20.9 Å². The summed E-state index contributed by atoms with van der Waals surface area (Å²) in [6.45, 7) is 11.6.